The lowest BCUT2D eigenvalue weighted by atomic mass is 9.34. The normalized spacial score (nSPS) is 51.9. The molecule has 2 heteroatoms. The van der Waals surface area contributed by atoms with E-state index >= 15 is 0 Å². The minimum atomic E-state index is -0.188. The Labute approximate surface area is 196 Å². The quantitative estimate of drug-likeness (QED) is 0.332. The standard InChI is InChI=1S/C30H46O2/c1-19(2)20-10-15-30(18-31)17-16-28(6)21(25(20)30)8-9-23-27(5)13-12-24(32)26(3,4)22(27)11-14-29(23,28)7/h8,18-20,22-23,25H,9-17H2,1-7H3. The van der Waals surface area contributed by atoms with Crippen molar-refractivity contribution in [3.63, 3.8) is 0 Å². The summed E-state index contributed by atoms with van der Waals surface area (Å²) in [7, 11) is 0. The number of carbonyl (C=O) groups is 2. The Kier molecular flexibility index (Phi) is 4.87. The molecule has 4 fully saturated rings. The molecule has 0 bridgehead atoms. The van der Waals surface area contributed by atoms with E-state index in [9.17, 15) is 9.59 Å². The van der Waals surface area contributed by atoms with E-state index in [-0.39, 0.29) is 27.1 Å². The van der Waals surface area contributed by atoms with Crippen molar-refractivity contribution < 1.29 is 9.59 Å². The third kappa shape index (κ3) is 2.54. The van der Waals surface area contributed by atoms with Gasteiger partial charge in [0.05, 0.1) is 0 Å². The van der Waals surface area contributed by atoms with Crippen LogP contribution in [0.25, 0.3) is 0 Å². The Bertz CT molecular complexity index is 866. The van der Waals surface area contributed by atoms with Gasteiger partial charge in [0.25, 0.3) is 0 Å². The summed E-state index contributed by atoms with van der Waals surface area (Å²) in [4.78, 5) is 25.4. The highest BCUT2D eigenvalue weighted by atomic mass is 16.1. The van der Waals surface area contributed by atoms with Gasteiger partial charge < -0.3 is 4.79 Å². The number of carbonyl (C=O) groups excluding carboxylic acids is 2. The number of ketones is 1. The number of hydrogen-bond acceptors (Lipinski definition) is 2. The van der Waals surface area contributed by atoms with Crippen LogP contribution >= 0.6 is 0 Å². The van der Waals surface area contributed by atoms with E-state index in [2.05, 4.69) is 54.5 Å². The van der Waals surface area contributed by atoms with E-state index in [0.29, 0.717) is 35.4 Å². The average Bonchev–Trinajstić information content (AvgIpc) is 3.12. The van der Waals surface area contributed by atoms with Crippen molar-refractivity contribution in [1.29, 1.82) is 0 Å². The lowest BCUT2D eigenvalue weighted by Crippen LogP contribution is -2.63. The molecule has 4 saturated carbocycles. The summed E-state index contributed by atoms with van der Waals surface area (Å²) in [6, 6.07) is 0. The van der Waals surface area contributed by atoms with Gasteiger partial charge in [-0.15, -0.1) is 0 Å². The Hall–Kier alpha value is -0.920. The van der Waals surface area contributed by atoms with E-state index in [1.807, 2.05) is 0 Å². The minimum absolute atomic E-state index is 0.107. The molecule has 8 atom stereocenters. The van der Waals surface area contributed by atoms with E-state index in [4.69, 9.17) is 0 Å². The summed E-state index contributed by atoms with van der Waals surface area (Å²) >= 11 is 0. The second-order valence-corrected chi connectivity index (χ2v) is 14.2. The van der Waals surface area contributed by atoms with Gasteiger partial charge in [0.1, 0.15) is 12.1 Å². The lowest BCUT2D eigenvalue weighted by molar-refractivity contribution is -0.182. The van der Waals surface area contributed by atoms with E-state index in [1.165, 1.54) is 25.5 Å². The van der Waals surface area contributed by atoms with E-state index in [0.717, 1.165) is 38.5 Å². The van der Waals surface area contributed by atoms with Crippen molar-refractivity contribution in [2.24, 2.45) is 56.7 Å². The van der Waals surface area contributed by atoms with Crippen LogP contribution in [-0.4, -0.2) is 12.1 Å². The van der Waals surface area contributed by atoms with E-state index < -0.39 is 0 Å². The van der Waals surface area contributed by atoms with Crippen LogP contribution in [0.1, 0.15) is 106 Å². The van der Waals surface area contributed by atoms with Crippen molar-refractivity contribution in [2.75, 3.05) is 0 Å². The zero-order chi connectivity index (χ0) is 23.3. The van der Waals surface area contributed by atoms with Crippen LogP contribution in [0, 0.1) is 56.7 Å². The van der Waals surface area contributed by atoms with Gasteiger partial charge in [-0.3, -0.25) is 4.79 Å². The molecule has 0 aliphatic heterocycles. The highest BCUT2D eigenvalue weighted by Crippen LogP contribution is 2.75. The van der Waals surface area contributed by atoms with Crippen LogP contribution in [0.2, 0.25) is 0 Å². The first kappa shape index (κ1) is 22.9. The maximum absolute atomic E-state index is 12.9. The number of fused-ring (bicyclic) bond motifs is 7. The molecule has 0 heterocycles. The molecular formula is C30H46O2. The molecule has 0 radical (unpaired) electrons. The molecule has 0 amide bonds. The number of hydrogen-bond donors (Lipinski definition) is 0. The molecular weight excluding hydrogens is 392 g/mol. The van der Waals surface area contributed by atoms with Gasteiger partial charge in [-0.05, 0) is 97.2 Å². The predicted molar refractivity (Wildman–Crippen MR) is 130 cm³/mol. The maximum atomic E-state index is 12.9. The van der Waals surface area contributed by atoms with Crippen molar-refractivity contribution in [3.8, 4) is 0 Å². The summed E-state index contributed by atoms with van der Waals surface area (Å²) in [6.07, 6.45) is 13.9. The van der Waals surface area contributed by atoms with Gasteiger partial charge in [0.2, 0.25) is 0 Å². The zero-order valence-electron chi connectivity index (χ0n) is 21.7. The molecule has 5 aliphatic rings. The van der Waals surface area contributed by atoms with Crippen molar-refractivity contribution in [3.05, 3.63) is 11.6 Å². The summed E-state index contributed by atoms with van der Waals surface area (Å²) in [6.45, 7) is 17.0. The summed E-state index contributed by atoms with van der Waals surface area (Å²) in [5, 5.41) is 0. The fourth-order valence-electron chi connectivity index (χ4n) is 10.6. The van der Waals surface area contributed by atoms with E-state index in [1.54, 1.807) is 5.57 Å². The van der Waals surface area contributed by atoms with Gasteiger partial charge >= 0.3 is 0 Å². The molecule has 0 aromatic rings. The second kappa shape index (κ2) is 6.82. The SMILES string of the molecule is CC(C)C1CCC2(C=O)CCC3(C)C(=CCC4C5(C)CCC(=O)C(C)(C)C5CCC43C)C12. The Balaban J connectivity index is 1.61. The molecule has 178 valence electrons. The fraction of sp³-hybridized carbons (Fsp3) is 0.867. The first-order valence-electron chi connectivity index (χ1n) is 13.6. The van der Waals surface area contributed by atoms with Crippen LogP contribution in [0.3, 0.4) is 0 Å². The van der Waals surface area contributed by atoms with Crippen LogP contribution in [-0.2, 0) is 9.59 Å². The highest BCUT2D eigenvalue weighted by Gasteiger charge is 2.69. The Morgan fingerprint density at radius 3 is 2.31 bits per heavy atom. The molecule has 5 rings (SSSR count). The van der Waals surface area contributed by atoms with Crippen molar-refractivity contribution >= 4 is 12.1 Å². The topological polar surface area (TPSA) is 34.1 Å². The number of Topliss-reactive ketones (excluding diaryl/α,β-unsaturated/α-hetero) is 1. The third-order valence-electron chi connectivity index (χ3n) is 12.8. The highest BCUT2D eigenvalue weighted by molar-refractivity contribution is 5.85. The minimum Gasteiger partial charge on any atom is -0.303 e. The molecule has 8 unspecified atom stereocenters. The van der Waals surface area contributed by atoms with Crippen LogP contribution in [0.15, 0.2) is 11.6 Å². The number of aldehydes is 1. The second-order valence-electron chi connectivity index (χ2n) is 14.2. The van der Waals surface area contributed by atoms with Gasteiger partial charge in [-0.1, -0.05) is 60.1 Å². The number of allylic oxidation sites excluding steroid dienone is 2. The maximum Gasteiger partial charge on any atom is 0.138 e. The molecule has 32 heavy (non-hydrogen) atoms. The molecule has 0 spiro atoms. The average molecular weight is 439 g/mol. The van der Waals surface area contributed by atoms with Crippen molar-refractivity contribution in [1.82, 2.24) is 0 Å². The first-order chi connectivity index (χ1) is 14.9. The third-order valence-corrected chi connectivity index (χ3v) is 12.8. The van der Waals surface area contributed by atoms with Crippen molar-refractivity contribution in [2.45, 2.75) is 106 Å². The molecule has 2 nitrogen and oxygen atoms in total. The van der Waals surface area contributed by atoms with Crippen LogP contribution in [0.4, 0.5) is 0 Å². The zero-order valence-corrected chi connectivity index (χ0v) is 21.7. The first-order valence-corrected chi connectivity index (χ1v) is 13.6. The Morgan fingerprint density at radius 1 is 0.938 bits per heavy atom. The van der Waals surface area contributed by atoms with Gasteiger partial charge in [0, 0.05) is 17.3 Å². The molecule has 0 saturated heterocycles. The van der Waals surface area contributed by atoms with Crippen LogP contribution < -0.4 is 0 Å². The summed E-state index contributed by atoms with van der Waals surface area (Å²) in [5.74, 6) is 3.35. The largest absolute Gasteiger partial charge is 0.303 e. The fourth-order valence-corrected chi connectivity index (χ4v) is 10.6. The lowest BCUT2D eigenvalue weighted by Gasteiger charge is -2.69. The molecule has 0 aromatic carbocycles. The molecule has 0 N–H and O–H groups in total. The van der Waals surface area contributed by atoms with Crippen LogP contribution in [0.5, 0.6) is 0 Å². The predicted octanol–water partition coefficient (Wildman–Crippen LogP) is 7.41. The van der Waals surface area contributed by atoms with Gasteiger partial charge in [-0.25, -0.2) is 0 Å². The smallest absolute Gasteiger partial charge is 0.138 e. The monoisotopic (exact) mass is 438 g/mol. The Morgan fingerprint density at radius 2 is 1.66 bits per heavy atom. The number of rotatable bonds is 2. The summed E-state index contributed by atoms with van der Waals surface area (Å²) in [5.41, 5.74) is 2.05. The summed E-state index contributed by atoms with van der Waals surface area (Å²) < 4.78 is 0. The van der Waals surface area contributed by atoms with Gasteiger partial charge in [0.15, 0.2) is 0 Å². The molecule has 5 aliphatic carbocycles. The molecule has 0 aromatic heterocycles. The van der Waals surface area contributed by atoms with Gasteiger partial charge in [-0.2, -0.15) is 0 Å².